The molecule has 0 bridgehead atoms. The molecule has 0 spiro atoms. The SMILES string of the molecule is Cc1ccc2nc3ccccc3c(CCN)c2c1. The molecule has 0 atom stereocenters. The number of aromatic nitrogens is 1. The molecule has 3 aromatic rings. The van der Waals surface area contributed by atoms with Crippen LogP contribution in [0.5, 0.6) is 0 Å². The Bertz CT molecular complexity index is 717. The van der Waals surface area contributed by atoms with E-state index in [-0.39, 0.29) is 0 Å². The summed E-state index contributed by atoms with van der Waals surface area (Å²) in [5.41, 5.74) is 10.5. The Morgan fingerprint density at radius 2 is 1.78 bits per heavy atom. The first kappa shape index (κ1) is 11.2. The minimum absolute atomic E-state index is 0.664. The molecule has 0 unspecified atom stereocenters. The third-order valence-corrected chi connectivity index (χ3v) is 3.34. The second-order valence-electron chi connectivity index (χ2n) is 4.67. The lowest BCUT2D eigenvalue weighted by atomic mass is 9.99. The van der Waals surface area contributed by atoms with Crippen molar-refractivity contribution in [2.24, 2.45) is 5.73 Å². The van der Waals surface area contributed by atoms with Gasteiger partial charge in [-0.3, -0.25) is 0 Å². The number of para-hydroxylation sites is 1. The summed E-state index contributed by atoms with van der Waals surface area (Å²) in [5, 5.41) is 2.46. The molecule has 0 saturated heterocycles. The monoisotopic (exact) mass is 236 g/mol. The lowest BCUT2D eigenvalue weighted by Gasteiger charge is -2.10. The van der Waals surface area contributed by atoms with Crippen LogP contribution >= 0.6 is 0 Å². The fraction of sp³-hybridized carbons (Fsp3) is 0.188. The highest BCUT2D eigenvalue weighted by molar-refractivity contribution is 5.97. The standard InChI is InChI=1S/C16H16N2/c1-11-6-7-16-14(10-11)12(8-9-17)13-4-2-3-5-15(13)18-16/h2-7,10H,8-9,17H2,1H3. The van der Waals surface area contributed by atoms with Crippen LogP contribution in [0.15, 0.2) is 42.5 Å². The summed E-state index contributed by atoms with van der Waals surface area (Å²) in [6.45, 7) is 2.78. The number of fused-ring (bicyclic) bond motifs is 2. The van der Waals surface area contributed by atoms with Crippen molar-refractivity contribution in [1.29, 1.82) is 0 Å². The van der Waals surface area contributed by atoms with Crippen LogP contribution in [0.1, 0.15) is 11.1 Å². The molecule has 0 radical (unpaired) electrons. The molecule has 1 heterocycles. The van der Waals surface area contributed by atoms with Gasteiger partial charge in [0.2, 0.25) is 0 Å². The smallest absolute Gasteiger partial charge is 0.0712 e. The van der Waals surface area contributed by atoms with Gasteiger partial charge in [0.25, 0.3) is 0 Å². The van der Waals surface area contributed by atoms with Gasteiger partial charge < -0.3 is 5.73 Å². The highest BCUT2D eigenvalue weighted by Crippen LogP contribution is 2.26. The van der Waals surface area contributed by atoms with E-state index >= 15 is 0 Å². The quantitative estimate of drug-likeness (QED) is 0.694. The van der Waals surface area contributed by atoms with E-state index in [4.69, 9.17) is 10.7 Å². The number of benzene rings is 2. The summed E-state index contributed by atoms with van der Waals surface area (Å²) >= 11 is 0. The van der Waals surface area contributed by atoms with Crippen molar-refractivity contribution < 1.29 is 0 Å². The molecule has 0 saturated carbocycles. The third-order valence-electron chi connectivity index (χ3n) is 3.34. The Hall–Kier alpha value is -1.93. The van der Waals surface area contributed by atoms with E-state index in [2.05, 4.69) is 43.3 Å². The molecule has 0 fully saturated rings. The number of hydrogen-bond acceptors (Lipinski definition) is 2. The highest BCUT2D eigenvalue weighted by atomic mass is 14.7. The van der Waals surface area contributed by atoms with Crippen LogP contribution in [0.3, 0.4) is 0 Å². The number of hydrogen-bond donors (Lipinski definition) is 1. The summed E-state index contributed by atoms with van der Waals surface area (Å²) in [7, 11) is 0. The van der Waals surface area contributed by atoms with Crippen LogP contribution in [0, 0.1) is 6.92 Å². The Balaban J connectivity index is 2.46. The third kappa shape index (κ3) is 1.75. The molecule has 90 valence electrons. The second kappa shape index (κ2) is 4.39. The van der Waals surface area contributed by atoms with Crippen LogP contribution in [0.25, 0.3) is 21.8 Å². The number of rotatable bonds is 2. The second-order valence-corrected chi connectivity index (χ2v) is 4.67. The normalized spacial score (nSPS) is 11.2. The molecule has 0 aliphatic rings. The Morgan fingerprint density at radius 3 is 2.61 bits per heavy atom. The minimum Gasteiger partial charge on any atom is -0.330 e. The summed E-state index contributed by atoms with van der Waals surface area (Å²) in [6, 6.07) is 14.7. The van der Waals surface area contributed by atoms with Gasteiger partial charge in [0.15, 0.2) is 0 Å². The van der Waals surface area contributed by atoms with Gasteiger partial charge in [0.05, 0.1) is 11.0 Å². The largest absolute Gasteiger partial charge is 0.330 e. The molecule has 0 aliphatic heterocycles. The van der Waals surface area contributed by atoms with Gasteiger partial charge in [-0.2, -0.15) is 0 Å². The molecule has 0 aliphatic carbocycles. The summed E-state index contributed by atoms with van der Waals surface area (Å²) in [5.74, 6) is 0. The van der Waals surface area contributed by atoms with Crippen molar-refractivity contribution in [3.05, 3.63) is 53.6 Å². The van der Waals surface area contributed by atoms with E-state index in [1.807, 2.05) is 6.07 Å². The van der Waals surface area contributed by atoms with Gasteiger partial charge in [-0.25, -0.2) is 4.98 Å². The van der Waals surface area contributed by atoms with E-state index < -0.39 is 0 Å². The Labute approximate surface area is 106 Å². The Kier molecular flexibility index (Phi) is 2.73. The first-order valence-electron chi connectivity index (χ1n) is 6.27. The highest BCUT2D eigenvalue weighted by Gasteiger charge is 2.08. The zero-order chi connectivity index (χ0) is 12.5. The zero-order valence-electron chi connectivity index (χ0n) is 10.5. The van der Waals surface area contributed by atoms with Crippen molar-refractivity contribution in [2.45, 2.75) is 13.3 Å². The van der Waals surface area contributed by atoms with Crippen LogP contribution in [0.2, 0.25) is 0 Å². The van der Waals surface area contributed by atoms with Gasteiger partial charge in [0.1, 0.15) is 0 Å². The minimum atomic E-state index is 0.664. The van der Waals surface area contributed by atoms with Crippen molar-refractivity contribution in [3.63, 3.8) is 0 Å². The topological polar surface area (TPSA) is 38.9 Å². The maximum atomic E-state index is 5.76. The molecular formula is C16H16N2. The van der Waals surface area contributed by atoms with E-state index in [1.165, 1.54) is 21.9 Å². The first-order valence-corrected chi connectivity index (χ1v) is 6.27. The summed E-state index contributed by atoms with van der Waals surface area (Å²) in [4.78, 5) is 4.72. The van der Waals surface area contributed by atoms with Crippen molar-refractivity contribution >= 4 is 21.8 Å². The molecule has 2 heteroatoms. The maximum Gasteiger partial charge on any atom is 0.0712 e. The summed E-state index contributed by atoms with van der Waals surface area (Å²) < 4.78 is 0. The van der Waals surface area contributed by atoms with Crippen LogP contribution in [-0.4, -0.2) is 11.5 Å². The number of pyridine rings is 1. The van der Waals surface area contributed by atoms with E-state index in [9.17, 15) is 0 Å². The fourth-order valence-corrected chi connectivity index (χ4v) is 2.50. The van der Waals surface area contributed by atoms with Gasteiger partial charge in [0, 0.05) is 10.8 Å². The Morgan fingerprint density at radius 1 is 1.00 bits per heavy atom. The molecule has 18 heavy (non-hydrogen) atoms. The van der Waals surface area contributed by atoms with Crippen molar-refractivity contribution in [3.8, 4) is 0 Å². The predicted octanol–water partition coefficient (Wildman–Crippen LogP) is 3.20. The van der Waals surface area contributed by atoms with Crippen molar-refractivity contribution in [2.75, 3.05) is 6.54 Å². The molecule has 1 aromatic heterocycles. The number of nitrogens with two attached hydrogens (primary N) is 1. The predicted molar refractivity (Wildman–Crippen MR) is 76.7 cm³/mol. The first-order chi connectivity index (χ1) is 8.79. The van der Waals surface area contributed by atoms with Crippen LogP contribution in [-0.2, 0) is 6.42 Å². The van der Waals surface area contributed by atoms with Gasteiger partial charge in [-0.05, 0) is 43.7 Å². The molecule has 2 N–H and O–H groups in total. The maximum absolute atomic E-state index is 5.76. The molecule has 2 nitrogen and oxygen atoms in total. The van der Waals surface area contributed by atoms with Crippen LogP contribution in [0.4, 0.5) is 0 Å². The average Bonchev–Trinajstić information content (AvgIpc) is 2.39. The average molecular weight is 236 g/mol. The van der Waals surface area contributed by atoms with Crippen LogP contribution < -0.4 is 5.73 Å². The molecular weight excluding hydrogens is 220 g/mol. The van der Waals surface area contributed by atoms with Gasteiger partial charge >= 0.3 is 0 Å². The zero-order valence-corrected chi connectivity index (χ0v) is 10.5. The van der Waals surface area contributed by atoms with Gasteiger partial charge in [-0.15, -0.1) is 0 Å². The molecule has 3 rings (SSSR count). The number of aryl methyl sites for hydroxylation is 1. The fourth-order valence-electron chi connectivity index (χ4n) is 2.50. The van der Waals surface area contributed by atoms with E-state index in [0.717, 1.165) is 17.5 Å². The lowest BCUT2D eigenvalue weighted by molar-refractivity contribution is 0.984. The van der Waals surface area contributed by atoms with Crippen molar-refractivity contribution in [1.82, 2.24) is 4.98 Å². The number of nitrogens with zero attached hydrogens (tertiary/aromatic N) is 1. The van der Waals surface area contributed by atoms with Gasteiger partial charge in [-0.1, -0.05) is 29.8 Å². The molecule has 0 amide bonds. The molecule has 2 aromatic carbocycles. The summed E-state index contributed by atoms with van der Waals surface area (Å²) in [6.07, 6.45) is 0.892. The van der Waals surface area contributed by atoms with E-state index in [1.54, 1.807) is 0 Å². The lowest BCUT2D eigenvalue weighted by Crippen LogP contribution is -2.04. The van der Waals surface area contributed by atoms with E-state index in [0.29, 0.717) is 6.54 Å².